The van der Waals surface area contributed by atoms with E-state index in [0.717, 1.165) is 56.0 Å². The van der Waals surface area contributed by atoms with Crippen LogP contribution in [0.5, 0.6) is 0 Å². The number of aryl methyl sites for hydroxylation is 2. The molecule has 2 aliphatic carbocycles. The van der Waals surface area contributed by atoms with Crippen LogP contribution in [0, 0.1) is 6.92 Å². The minimum Gasteiger partial charge on any atom is -0.379 e. The Kier molecular flexibility index (Phi) is 4.50. The van der Waals surface area contributed by atoms with Crippen LogP contribution in [-0.2, 0) is 11.2 Å². The molecule has 1 aliphatic heterocycles. The SMILES string of the molecule is Cc1ccc2c(c1)CC[C@@H](N1CCOCC1)[C@@H]2Nc1ncnc2[nH]c(C3CC3)cc12. The molecule has 2 fully saturated rings. The summed E-state index contributed by atoms with van der Waals surface area (Å²) < 4.78 is 5.63. The number of fused-ring (bicyclic) bond motifs is 2. The van der Waals surface area contributed by atoms with E-state index in [1.165, 1.54) is 35.2 Å². The number of morpholine rings is 1. The van der Waals surface area contributed by atoms with Gasteiger partial charge in [-0.3, -0.25) is 4.90 Å². The number of aromatic nitrogens is 3. The lowest BCUT2D eigenvalue weighted by molar-refractivity contribution is 0.00895. The highest BCUT2D eigenvalue weighted by atomic mass is 16.5. The molecule has 3 aromatic rings. The summed E-state index contributed by atoms with van der Waals surface area (Å²) in [5.41, 5.74) is 6.46. The quantitative estimate of drug-likeness (QED) is 0.691. The Balaban J connectivity index is 1.39. The molecule has 0 amide bonds. The molecule has 2 atom stereocenters. The van der Waals surface area contributed by atoms with Crippen molar-refractivity contribution in [2.45, 2.75) is 50.6 Å². The second-order valence-corrected chi connectivity index (χ2v) is 9.06. The fourth-order valence-electron chi connectivity index (χ4n) is 5.24. The van der Waals surface area contributed by atoms with E-state index in [1.807, 2.05) is 0 Å². The minimum atomic E-state index is 0.213. The van der Waals surface area contributed by atoms with Gasteiger partial charge in [-0.25, -0.2) is 9.97 Å². The van der Waals surface area contributed by atoms with Crippen molar-refractivity contribution in [2.24, 2.45) is 0 Å². The van der Waals surface area contributed by atoms with Gasteiger partial charge >= 0.3 is 0 Å². The summed E-state index contributed by atoms with van der Waals surface area (Å²) >= 11 is 0. The van der Waals surface area contributed by atoms with Gasteiger partial charge in [0.2, 0.25) is 0 Å². The maximum Gasteiger partial charge on any atom is 0.143 e. The highest BCUT2D eigenvalue weighted by Crippen LogP contribution is 2.42. The number of hydrogen-bond donors (Lipinski definition) is 2. The molecule has 0 unspecified atom stereocenters. The van der Waals surface area contributed by atoms with E-state index in [2.05, 4.69) is 56.4 Å². The van der Waals surface area contributed by atoms with Crippen LogP contribution in [-0.4, -0.2) is 52.2 Å². The second-order valence-electron chi connectivity index (χ2n) is 9.06. The number of hydrogen-bond acceptors (Lipinski definition) is 5. The van der Waals surface area contributed by atoms with Crippen molar-refractivity contribution in [1.29, 1.82) is 0 Å². The van der Waals surface area contributed by atoms with E-state index in [9.17, 15) is 0 Å². The Morgan fingerprint density at radius 3 is 2.80 bits per heavy atom. The third-order valence-corrected chi connectivity index (χ3v) is 7.00. The fraction of sp³-hybridized carbons (Fsp3) is 0.500. The number of aromatic amines is 1. The van der Waals surface area contributed by atoms with E-state index >= 15 is 0 Å². The number of nitrogens with zero attached hydrogens (tertiary/aromatic N) is 3. The Bertz CT molecular complexity index is 1070. The Morgan fingerprint density at radius 1 is 1.10 bits per heavy atom. The molecule has 0 bridgehead atoms. The van der Waals surface area contributed by atoms with Crippen LogP contribution >= 0.6 is 0 Å². The predicted octanol–water partition coefficient (Wildman–Crippen LogP) is 3.94. The molecule has 156 valence electrons. The molecular formula is C24H29N5O. The van der Waals surface area contributed by atoms with Crippen LogP contribution in [0.2, 0.25) is 0 Å². The maximum absolute atomic E-state index is 5.63. The molecule has 3 heterocycles. The first-order valence-corrected chi connectivity index (χ1v) is 11.3. The van der Waals surface area contributed by atoms with Gasteiger partial charge in [0.25, 0.3) is 0 Å². The van der Waals surface area contributed by atoms with Gasteiger partial charge < -0.3 is 15.0 Å². The number of ether oxygens (including phenoxy) is 1. The number of H-pyrrole nitrogens is 1. The van der Waals surface area contributed by atoms with Crippen LogP contribution in [0.3, 0.4) is 0 Å². The third-order valence-electron chi connectivity index (χ3n) is 7.00. The summed E-state index contributed by atoms with van der Waals surface area (Å²) in [5, 5.41) is 4.98. The number of rotatable bonds is 4. The monoisotopic (exact) mass is 403 g/mol. The van der Waals surface area contributed by atoms with E-state index in [1.54, 1.807) is 6.33 Å². The molecule has 30 heavy (non-hydrogen) atoms. The van der Waals surface area contributed by atoms with Gasteiger partial charge in [-0.2, -0.15) is 0 Å². The predicted molar refractivity (Wildman–Crippen MR) is 118 cm³/mol. The molecule has 6 nitrogen and oxygen atoms in total. The zero-order valence-corrected chi connectivity index (χ0v) is 17.5. The van der Waals surface area contributed by atoms with Crippen molar-refractivity contribution in [1.82, 2.24) is 19.9 Å². The normalized spacial score (nSPS) is 24.7. The van der Waals surface area contributed by atoms with Crippen molar-refractivity contribution in [3.63, 3.8) is 0 Å². The molecule has 2 N–H and O–H groups in total. The highest BCUT2D eigenvalue weighted by molar-refractivity contribution is 5.88. The lowest BCUT2D eigenvalue weighted by Gasteiger charge is -2.43. The summed E-state index contributed by atoms with van der Waals surface area (Å²) in [6.07, 6.45) is 6.52. The molecule has 0 spiro atoms. The molecule has 6 rings (SSSR count). The number of nitrogens with one attached hydrogen (secondary N) is 2. The first-order chi connectivity index (χ1) is 14.8. The minimum absolute atomic E-state index is 0.213. The fourth-order valence-corrected chi connectivity index (χ4v) is 5.24. The Morgan fingerprint density at radius 2 is 1.97 bits per heavy atom. The number of benzene rings is 1. The maximum atomic E-state index is 5.63. The van der Waals surface area contributed by atoms with E-state index in [4.69, 9.17) is 4.74 Å². The van der Waals surface area contributed by atoms with Crippen LogP contribution in [0.25, 0.3) is 11.0 Å². The van der Waals surface area contributed by atoms with Gasteiger partial charge in [0.05, 0.1) is 24.6 Å². The molecule has 0 radical (unpaired) electrons. The van der Waals surface area contributed by atoms with Crippen LogP contribution in [0.4, 0.5) is 5.82 Å². The van der Waals surface area contributed by atoms with Gasteiger partial charge in [-0.1, -0.05) is 23.8 Å². The summed E-state index contributed by atoms with van der Waals surface area (Å²) in [6, 6.07) is 9.83. The van der Waals surface area contributed by atoms with Gasteiger partial charge in [0.15, 0.2) is 0 Å². The summed E-state index contributed by atoms with van der Waals surface area (Å²) in [4.78, 5) is 15.3. The van der Waals surface area contributed by atoms with Gasteiger partial charge in [0, 0.05) is 24.8 Å². The molecule has 1 saturated carbocycles. The average molecular weight is 404 g/mol. The third kappa shape index (κ3) is 3.28. The first-order valence-electron chi connectivity index (χ1n) is 11.3. The van der Waals surface area contributed by atoms with Gasteiger partial charge in [-0.15, -0.1) is 0 Å². The van der Waals surface area contributed by atoms with Crippen LogP contribution in [0.15, 0.2) is 30.6 Å². The lowest BCUT2D eigenvalue weighted by Crippen LogP contribution is -2.49. The van der Waals surface area contributed by atoms with E-state index in [-0.39, 0.29) is 6.04 Å². The van der Waals surface area contributed by atoms with Crippen LogP contribution < -0.4 is 5.32 Å². The summed E-state index contributed by atoms with van der Waals surface area (Å²) in [7, 11) is 0. The summed E-state index contributed by atoms with van der Waals surface area (Å²) in [5.74, 6) is 1.62. The zero-order chi connectivity index (χ0) is 20.1. The lowest BCUT2D eigenvalue weighted by atomic mass is 9.82. The summed E-state index contributed by atoms with van der Waals surface area (Å²) in [6.45, 7) is 5.83. The van der Waals surface area contributed by atoms with Gasteiger partial charge in [0.1, 0.15) is 17.8 Å². The van der Waals surface area contributed by atoms with E-state index < -0.39 is 0 Å². The topological polar surface area (TPSA) is 66.1 Å². The van der Waals surface area contributed by atoms with Crippen molar-refractivity contribution in [3.05, 3.63) is 53.0 Å². The highest BCUT2D eigenvalue weighted by Gasteiger charge is 2.35. The molecule has 1 saturated heterocycles. The zero-order valence-electron chi connectivity index (χ0n) is 17.5. The molecule has 3 aliphatic rings. The van der Waals surface area contributed by atoms with Crippen LogP contribution in [0.1, 0.15) is 53.6 Å². The Hall–Kier alpha value is -2.44. The largest absolute Gasteiger partial charge is 0.379 e. The first kappa shape index (κ1) is 18.3. The molecule has 6 heteroatoms. The molecule has 1 aromatic carbocycles. The van der Waals surface area contributed by atoms with Crippen molar-refractivity contribution < 1.29 is 4.74 Å². The Labute approximate surface area is 177 Å². The average Bonchev–Trinajstić information content (AvgIpc) is 3.53. The van der Waals surface area contributed by atoms with Crippen molar-refractivity contribution >= 4 is 16.9 Å². The molecular weight excluding hydrogens is 374 g/mol. The second kappa shape index (κ2) is 7.36. The number of anilines is 1. The van der Waals surface area contributed by atoms with Crippen molar-refractivity contribution in [2.75, 3.05) is 31.6 Å². The standard InChI is InChI=1S/C24H29N5O/c1-15-2-6-18-17(12-15)5-7-21(29-8-10-30-11-9-29)22(18)28-24-19-13-20(16-3-4-16)27-23(19)25-14-26-24/h2,6,12-14,16,21-22H,3-5,7-11H2,1H3,(H2,25,26,27,28)/t21-,22-/m1/s1. The molecule has 2 aromatic heterocycles. The van der Waals surface area contributed by atoms with Crippen molar-refractivity contribution in [3.8, 4) is 0 Å². The van der Waals surface area contributed by atoms with Gasteiger partial charge in [-0.05, 0) is 55.7 Å². The smallest absolute Gasteiger partial charge is 0.143 e. The van der Waals surface area contributed by atoms with E-state index in [0.29, 0.717) is 12.0 Å².